The summed E-state index contributed by atoms with van der Waals surface area (Å²) < 4.78 is 30.0. The van der Waals surface area contributed by atoms with Gasteiger partial charge in [0.25, 0.3) is 0 Å². The number of ketones is 1. The zero-order chi connectivity index (χ0) is 39.1. The number of fused-ring (bicyclic) bond motifs is 3. The van der Waals surface area contributed by atoms with Gasteiger partial charge in [-0.05, 0) is 43.5 Å². The summed E-state index contributed by atoms with van der Waals surface area (Å²) >= 11 is 0. The van der Waals surface area contributed by atoms with Crippen LogP contribution in [0, 0.1) is 28.1 Å². The van der Waals surface area contributed by atoms with E-state index in [0.29, 0.717) is 0 Å². The van der Waals surface area contributed by atoms with Crippen LogP contribution in [0.5, 0.6) is 0 Å². The summed E-state index contributed by atoms with van der Waals surface area (Å²) in [5.41, 5.74) is -7.40. The van der Waals surface area contributed by atoms with Gasteiger partial charge in [0.15, 0.2) is 23.6 Å². The molecule has 3 aliphatic carbocycles. The molecule has 0 saturated heterocycles. The lowest BCUT2D eigenvalue weighted by Crippen LogP contribution is -2.82. The second-order valence-corrected chi connectivity index (χ2v) is 15.1. The highest BCUT2D eigenvalue weighted by atomic mass is 16.6. The van der Waals surface area contributed by atoms with Gasteiger partial charge in [-0.15, -0.1) is 6.58 Å². The number of Topliss-reactive ketones (excluding diaryl/α,β-unsaturated/α-hetero) is 1. The second kappa shape index (κ2) is 14.5. The zero-order valence-corrected chi connectivity index (χ0v) is 30.6. The van der Waals surface area contributed by atoms with E-state index in [9.17, 15) is 39.0 Å². The first-order valence-corrected chi connectivity index (χ1v) is 17.4. The van der Waals surface area contributed by atoms with E-state index in [2.05, 4.69) is 6.58 Å². The maximum atomic E-state index is 14.7. The first-order chi connectivity index (χ1) is 24.8. The van der Waals surface area contributed by atoms with Crippen molar-refractivity contribution in [2.24, 2.45) is 28.1 Å². The molecule has 0 unspecified atom stereocenters. The molecule has 0 bridgehead atoms. The number of hydrogen-bond acceptors (Lipinski definition) is 13. The van der Waals surface area contributed by atoms with Crippen LogP contribution in [0.1, 0.15) is 75.1 Å². The Kier molecular flexibility index (Phi) is 10.8. The third kappa shape index (κ3) is 6.76. The van der Waals surface area contributed by atoms with Crippen LogP contribution in [-0.2, 0) is 42.9 Å². The summed E-state index contributed by atoms with van der Waals surface area (Å²) in [4.78, 5) is 81.0. The van der Waals surface area contributed by atoms with E-state index in [1.54, 1.807) is 50.2 Å². The molecule has 2 aromatic rings. The number of esters is 5. The molecule has 284 valence electrons. The van der Waals surface area contributed by atoms with E-state index < -0.39 is 106 Å². The highest BCUT2D eigenvalue weighted by molar-refractivity contribution is 5.96. The fraction of sp³-hybridized carbons (Fsp3) is 0.500. The van der Waals surface area contributed by atoms with Crippen molar-refractivity contribution in [1.82, 2.24) is 0 Å². The first-order valence-electron chi connectivity index (χ1n) is 17.4. The van der Waals surface area contributed by atoms with E-state index >= 15 is 0 Å². The van der Waals surface area contributed by atoms with Gasteiger partial charge >= 0.3 is 29.8 Å². The molecule has 13 nitrogen and oxygen atoms in total. The number of hydrogen-bond donors (Lipinski definition) is 2. The van der Waals surface area contributed by atoms with Gasteiger partial charge in [-0.25, -0.2) is 9.59 Å². The summed E-state index contributed by atoms with van der Waals surface area (Å²) in [5, 5.41) is 25.0. The molecule has 5 rings (SSSR count). The first kappa shape index (κ1) is 39.3. The number of rotatable bonds is 9. The Bertz CT molecular complexity index is 1770. The SMILES string of the molecule is C=C[C@@]1(C)C[C@H](OC(=O)c2ccccc2)[C@H]2[C@@](O)(C1=O)[C@H](O)C[C@@H]1C(C)(C)[C@H](OC(C)=O)[C@H](OC(C)=O)[C@H](OC(=O)c3ccccc3)[C@]12COC(C)=O. The fourth-order valence-electron chi connectivity index (χ4n) is 9.13. The number of carbonyl (C=O) groups excluding carboxylic acids is 6. The number of aliphatic hydroxyl groups is 2. The van der Waals surface area contributed by atoms with E-state index in [1.165, 1.54) is 37.3 Å². The van der Waals surface area contributed by atoms with Gasteiger partial charge < -0.3 is 33.9 Å². The molecular weight excluding hydrogens is 688 g/mol. The molecule has 0 amide bonds. The van der Waals surface area contributed by atoms with E-state index in [-0.39, 0.29) is 24.0 Å². The quantitative estimate of drug-likeness (QED) is 0.215. The van der Waals surface area contributed by atoms with Crippen molar-refractivity contribution < 1.29 is 62.7 Å². The third-order valence-corrected chi connectivity index (χ3v) is 11.4. The minimum atomic E-state index is -2.75. The van der Waals surface area contributed by atoms with Crippen LogP contribution in [0.25, 0.3) is 0 Å². The van der Waals surface area contributed by atoms with Gasteiger partial charge in [-0.3, -0.25) is 19.2 Å². The van der Waals surface area contributed by atoms with Crippen LogP contribution < -0.4 is 0 Å². The molecule has 53 heavy (non-hydrogen) atoms. The molecule has 3 aliphatic rings. The molecule has 13 heteroatoms. The van der Waals surface area contributed by atoms with Crippen LogP contribution >= 0.6 is 0 Å². The highest BCUT2D eigenvalue weighted by Crippen LogP contribution is 2.67. The summed E-state index contributed by atoms with van der Waals surface area (Å²) in [7, 11) is 0. The maximum Gasteiger partial charge on any atom is 0.338 e. The Morgan fingerprint density at radius 3 is 1.81 bits per heavy atom. The Morgan fingerprint density at radius 1 is 0.792 bits per heavy atom. The van der Waals surface area contributed by atoms with Crippen molar-refractivity contribution in [2.45, 2.75) is 90.5 Å². The summed E-state index contributed by atoms with van der Waals surface area (Å²) in [6.07, 6.45) is -7.33. The van der Waals surface area contributed by atoms with Crippen LogP contribution in [0.2, 0.25) is 0 Å². The molecule has 3 saturated carbocycles. The third-order valence-electron chi connectivity index (χ3n) is 11.4. The standard InChI is InChI=1S/C40H46O13/c1-8-38(7)20-27(52-34(45)25-15-11-9-12-16-25)31-39(21-49-22(2)41)28(19-29(44)40(31,48)36(38)47)37(5,6)32(51-24(4)43)30(50-23(3)42)33(39)53-35(46)26-17-13-10-14-18-26/h8-18,27-33,44,48H,1,19-21H2,2-7H3/t27-,28+,29+,30-,31+,32+,33-,38-,39+,40+/m0/s1. The van der Waals surface area contributed by atoms with Crippen molar-refractivity contribution in [3.8, 4) is 0 Å². The number of carbonyl (C=O) groups is 6. The van der Waals surface area contributed by atoms with Gasteiger partial charge in [-0.1, -0.05) is 56.3 Å². The van der Waals surface area contributed by atoms with Crippen LogP contribution in [0.4, 0.5) is 0 Å². The normalized spacial score (nSPS) is 34.3. The lowest BCUT2D eigenvalue weighted by Gasteiger charge is -2.69. The molecule has 2 N–H and O–H groups in total. The van der Waals surface area contributed by atoms with Crippen LogP contribution in [0.3, 0.4) is 0 Å². The van der Waals surface area contributed by atoms with Crippen molar-refractivity contribution in [2.75, 3.05) is 6.61 Å². The average molecular weight is 735 g/mol. The van der Waals surface area contributed by atoms with Crippen LogP contribution in [0.15, 0.2) is 73.3 Å². The predicted octanol–water partition coefficient (Wildman–Crippen LogP) is 3.78. The Balaban J connectivity index is 1.87. The van der Waals surface area contributed by atoms with Gasteiger partial charge in [-0.2, -0.15) is 0 Å². The second-order valence-electron chi connectivity index (χ2n) is 15.1. The van der Waals surface area contributed by atoms with Crippen molar-refractivity contribution in [3.05, 3.63) is 84.4 Å². The Hall–Kier alpha value is -4.88. The molecule has 0 spiro atoms. The fourth-order valence-corrected chi connectivity index (χ4v) is 9.13. The number of ether oxygens (including phenoxy) is 5. The summed E-state index contributed by atoms with van der Waals surface area (Å²) in [6.45, 7) is 11.4. The number of allylic oxidation sites excluding steroid dienone is 1. The topological polar surface area (TPSA) is 189 Å². The summed E-state index contributed by atoms with van der Waals surface area (Å²) in [5.74, 6) is -7.76. The minimum Gasteiger partial charge on any atom is -0.465 e. The number of benzene rings is 2. The molecular formula is C40H46O13. The monoisotopic (exact) mass is 734 g/mol. The largest absolute Gasteiger partial charge is 0.465 e. The average Bonchev–Trinajstić information content (AvgIpc) is 3.11. The minimum absolute atomic E-state index is 0.0687. The molecule has 0 heterocycles. The lowest BCUT2D eigenvalue weighted by atomic mass is 9.38. The van der Waals surface area contributed by atoms with Crippen molar-refractivity contribution in [3.63, 3.8) is 0 Å². The molecule has 0 aliphatic heterocycles. The van der Waals surface area contributed by atoms with Gasteiger partial charge in [0, 0.05) is 38.5 Å². The maximum absolute atomic E-state index is 14.7. The highest BCUT2D eigenvalue weighted by Gasteiger charge is 2.80. The zero-order valence-electron chi connectivity index (χ0n) is 30.6. The van der Waals surface area contributed by atoms with Crippen molar-refractivity contribution >= 4 is 35.6 Å². The van der Waals surface area contributed by atoms with Gasteiger partial charge in [0.05, 0.1) is 28.1 Å². The van der Waals surface area contributed by atoms with E-state index in [0.717, 1.165) is 20.8 Å². The van der Waals surface area contributed by atoms with Crippen molar-refractivity contribution in [1.29, 1.82) is 0 Å². The predicted molar refractivity (Wildman–Crippen MR) is 186 cm³/mol. The molecule has 2 aromatic carbocycles. The smallest absolute Gasteiger partial charge is 0.338 e. The molecule has 0 aromatic heterocycles. The number of aliphatic hydroxyl groups excluding tert-OH is 1. The molecule has 10 atom stereocenters. The molecule has 0 radical (unpaired) electrons. The Morgan fingerprint density at radius 2 is 1.32 bits per heavy atom. The van der Waals surface area contributed by atoms with Gasteiger partial charge in [0.1, 0.15) is 18.8 Å². The van der Waals surface area contributed by atoms with E-state index in [4.69, 9.17) is 23.7 Å². The molecule has 3 fully saturated rings. The van der Waals surface area contributed by atoms with Gasteiger partial charge in [0.2, 0.25) is 0 Å². The van der Waals surface area contributed by atoms with E-state index in [1.807, 2.05) is 0 Å². The Labute approximate surface area is 307 Å². The van der Waals surface area contributed by atoms with Crippen LogP contribution in [-0.4, -0.2) is 88.6 Å². The summed E-state index contributed by atoms with van der Waals surface area (Å²) in [6, 6.07) is 15.8. The lowest BCUT2D eigenvalue weighted by molar-refractivity contribution is -0.325.